The summed E-state index contributed by atoms with van der Waals surface area (Å²) < 4.78 is 64.3. The van der Waals surface area contributed by atoms with Crippen molar-refractivity contribution in [2.24, 2.45) is 22.4 Å². The van der Waals surface area contributed by atoms with E-state index in [4.69, 9.17) is 11.5 Å². The number of halogens is 3. The molecule has 3 rings (SSSR count). The van der Waals surface area contributed by atoms with Gasteiger partial charge in [0.05, 0.1) is 4.90 Å². The smallest absolute Gasteiger partial charge is 0.384 e. The van der Waals surface area contributed by atoms with Crippen molar-refractivity contribution in [3.8, 4) is 0 Å². The molecule has 1 aromatic rings. The van der Waals surface area contributed by atoms with Crippen LogP contribution in [0.25, 0.3) is 0 Å². The summed E-state index contributed by atoms with van der Waals surface area (Å²) in [7, 11) is -3.71. The van der Waals surface area contributed by atoms with Crippen LogP contribution in [-0.4, -0.2) is 50.9 Å². The van der Waals surface area contributed by atoms with E-state index in [1.807, 2.05) is 0 Å². The van der Waals surface area contributed by atoms with E-state index < -0.39 is 28.4 Å². The minimum Gasteiger partial charge on any atom is -0.384 e. The highest BCUT2D eigenvalue weighted by Crippen LogP contribution is 2.26. The van der Waals surface area contributed by atoms with Crippen LogP contribution in [0.2, 0.25) is 0 Å². The molecule has 0 spiro atoms. The first-order chi connectivity index (χ1) is 15.0. The lowest BCUT2D eigenvalue weighted by atomic mass is 10.00. The van der Waals surface area contributed by atoms with Crippen molar-refractivity contribution in [2.75, 3.05) is 26.2 Å². The van der Waals surface area contributed by atoms with Crippen molar-refractivity contribution < 1.29 is 21.6 Å². The van der Waals surface area contributed by atoms with Crippen molar-refractivity contribution in [2.45, 2.75) is 42.5 Å². The first kappa shape index (κ1) is 24.5. The van der Waals surface area contributed by atoms with Crippen LogP contribution in [0.1, 0.15) is 31.2 Å². The first-order valence-corrected chi connectivity index (χ1v) is 11.9. The number of nitrogens with two attached hydrogens (primary N) is 2. The molecule has 0 bridgehead atoms. The van der Waals surface area contributed by atoms with Crippen molar-refractivity contribution in [3.63, 3.8) is 0 Å². The van der Waals surface area contributed by atoms with E-state index in [1.165, 1.54) is 16.4 Å². The van der Waals surface area contributed by atoms with Gasteiger partial charge in [0.1, 0.15) is 5.84 Å². The lowest BCUT2D eigenvalue weighted by molar-refractivity contribution is -0.135. The second-order valence-corrected chi connectivity index (χ2v) is 10.0. The Morgan fingerprint density at radius 3 is 2.66 bits per heavy atom. The Bertz CT molecular complexity index is 949. The van der Waals surface area contributed by atoms with Crippen LogP contribution in [0.5, 0.6) is 0 Å². The summed E-state index contributed by atoms with van der Waals surface area (Å²) in [6, 6.07) is 6.17. The fourth-order valence-corrected chi connectivity index (χ4v) is 5.39. The van der Waals surface area contributed by atoms with Gasteiger partial charge in [-0.05, 0) is 56.5 Å². The van der Waals surface area contributed by atoms with E-state index in [2.05, 4.69) is 15.6 Å². The summed E-state index contributed by atoms with van der Waals surface area (Å²) in [5, 5.41) is 5.93. The highest BCUT2D eigenvalue weighted by molar-refractivity contribution is 7.89. The van der Waals surface area contributed by atoms with Gasteiger partial charge >= 0.3 is 6.18 Å². The van der Waals surface area contributed by atoms with Crippen LogP contribution in [0.15, 0.2) is 46.4 Å². The predicted octanol–water partition coefficient (Wildman–Crippen LogP) is 1.56. The third-order valence-corrected chi connectivity index (χ3v) is 7.40. The molecule has 0 radical (unpaired) electrons. The molecule has 0 amide bonds. The minimum absolute atomic E-state index is 0.00750. The molecule has 2 heterocycles. The molecule has 12 heteroatoms. The molecule has 2 aliphatic rings. The Balaban J connectivity index is 1.59. The number of alkyl halides is 3. The highest BCUT2D eigenvalue weighted by Gasteiger charge is 2.32. The second kappa shape index (κ2) is 9.77. The molecular weight excluding hydrogens is 445 g/mol. The van der Waals surface area contributed by atoms with E-state index in [-0.39, 0.29) is 29.6 Å². The van der Waals surface area contributed by atoms with Crippen LogP contribution in [0.4, 0.5) is 13.2 Å². The average molecular weight is 475 g/mol. The summed E-state index contributed by atoms with van der Waals surface area (Å²) in [4.78, 5) is 4.32. The zero-order valence-electron chi connectivity index (χ0n) is 17.6. The first-order valence-electron chi connectivity index (χ1n) is 10.5. The minimum atomic E-state index is -4.15. The van der Waals surface area contributed by atoms with E-state index in [0.29, 0.717) is 31.6 Å². The molecule has 0 aliphatic carbocycles. The normalized spacial score (nSPS) is 24.8. The van der Waals surface area contributed by atoms with Gasteiger partial charge in [0.25, 0.3) is 0 Å². The molecule has 0 saturated carbocycles. The molecule has 2 unspecified atom stereocenters. The lowest BCUT2D eigenvalue weighted by Crippen LogP contribution is -2.49. The number of sulfonamides is 1. The van der Waals surface area contributed by atoms with Crippen LogP contribution >= 0.6 is 0 Å². The lowest BCUT2D eigenvalue weighted by Gasteiger charge is -2.32. The zero-order valence-corrected chi connectivity index (χ0v) is 18.4. The van der Waals surface area contributed by atoms with E-state index in [0.717, 1.165) is 6.42 Å². The van der Waals surface area contributed by atoms with Crippen molar-refractivity contribution in [1.29, 1.82) is 0 Å². The molecule has 2 atom stereocenters. The molecule has 32 heavy (non-hydrogen) atoms. The number of hydrogen-bond donors (Lipinski definition) is 4. The van der Waals surface area contributed by atoms with Crippen LogP contribution < -0.4 is 22.1 Å². The van der Waals surface area contributed by atoms with Gasteiger partial charge in [0.2, 0.25) is 15.8 Å². The Morgan fingerprint density at radius 2 is 2.00 bits per heavy atom. The van der Waals surface area contributed by atoms with Crippen molar-refractivity contribution in [3.05, 3.63) is 42.1 Å². The highest BCUT2D eigenvalue weighted by atomic mass is 32.2. The van der Waals surface area contributed by atoms with Gasteiger partial charge in [-0.3, -0.25) is 5.73 Å². The maximum Gasteiger partial charge on any atom is 0.389 e. The molecule has 0 aromatic heterocycles. The van der Waals surface area contributed by atoms with Gasteiger partial charge in [-0.25, -0.2) is 13.4 Å². The SMILES string of the molecule is NC1=NC(N)(c2ccc(S(=O)(=O)N3CCCC(CNCCCC(F)(F)F)C3)cc2)NC=C1. The maximum atomic E-state index is 13.1. The monoisotopic (exact) mass is 474 g/mol. The second-order valence-electron chi connectivity index (χ2n) is 8.10. The van der Waals surface area contributed by atoms with Gasteiger partial charge in [0.15, 0.2) is 0 Å². The maximum absolute atomic E-state index is 13.1. The van der Waals surface area contributed by atoms with Gasteiger partial charge in [0, 0.05) is 31.3 Å². The number of nitrogens with zero attached hydrogens (tertiary/aromatic N) is 2. The van der Waals surface area contributed by atoms with Crippen LogP contribution in [0.3, 0.4) is 0 Å². The number of aliphatic imine (C=N–C) groups is 1. The van der Waals surface area contributed by atoms with Crippen molar-refractivity contribution >= 4 is 15.9 Å². The number of amidine groups is 1. The fraction of sp³-hybridized carbons (Fsp3) is 0.550. The summed E-state index contributed by atoms with van der Waals surface area (Å²) in [6.07, 6.45) is -0.296. The van der Waals surface area contributed by atoms with E-state index >= 15 is 0 Å². The molecule has 1 aromatic carbocycles. The van der Waals surface area contributed by atoms with Gasteiger partial charge in [-0.2, -0.15) is 17.5 Å². The zero-order chi connectivity index (χ0) is 23.4. The predicted molar refractivity (Wildman–Crippen MR) is 116 cm³/mol. The van der Waals surface area contributed by atoms with Crippen LogP contribution in [0, 0.1) is 5.92 Å². The number of nitrogens with one attached hydrogen (secondary N) is 2. The summed E-state index contributed by atoms with van der Waals surface area (Å²) >= 11 is 0. The van der Waals surface area contributed by atoms with Gasteiger partial charge in [-0.1, -0.05) is 12.1 Å². The van der Waals surface area contributed by atoms with E-state index in [1.54, 1.807) is 24.4 Å². The molecule has 1 fully saturated rings. The van der Waals surface area contributed by atoms with Gasteiger partial charge < -0.3 is 16.4 Å². The summed E-state index contributed by atoms with van der Waals surface area (Å²) in [5.41, 5.74) is 12.5. The summed E-state index contributed by atoms with van der Waals surface area (Å²) in [5.74, 6) is -0.962. The van der Waals surface area contributed by atoms with Crippen LogP contribution in [-0.2, 0) is 15.8 Å². The molecule has 2 aliphatic heterocycles. The molecule has 1 saturated heterocycles. The Hall–Kier alpha value is -2.15. The average Bonchev–Trinajstić information content (AvgIpc) is 2.73. The number of benzene rings is 1. The molecular formula is C20H29F3N6O2S. The Morgan fingerprint density at radius 1 is 1.28 bits per heavy atom. The fourth-order valence-electron chi connectivity index (χ4n) is 3.84. The standard InChI is InChI=1S/C20H29F3N6O2S/c21-19(22,23)9-2-10-26-13-15-3-1-12-29(14-15)32(30,31)17-6-4-16(5-7-17)20(25)27-11-8-18(24)28-20/h4-8,11,15,26-27H,1-3,9-10,12-14,25H2,(H2,24,28). The number of rotatable bonds is 8. The van der Waals surface area contributed by atoms with Gasteiger partial charge in [-0.15, -0.1) is 0 Å². The topological polar surface area (TPSA) is 126 Å². The van der Waals surface area contributed by atoms with Crippen molar-refractivity contribution in [1.82, 2.24) is 14.9 Å². The van der Waals surface area contributed by atoms with E-state index in [9.17, 15) is 21.6 Å². The number of hydrogen-bond acceptors (Lipinski definition) is 7. The third kappa shape index (κ3) is 6.21. The third-order valence-electron chi connectivity index (χ3n) is 5.52. The quantitative estimate of drug-likeness (QED) is 0.424. The molecule has 8 nitrogen and oxygen atoms in total. The Labute approximate surface area is 186 Å². The number of piperidine rings is 1. The Kier molecular flexibility index (Phi) is 7.48. The summed E-state index contributed by atoms with van der Waals surface area (Å²) in [6.45, 7) is 1.46. The molecule has 178 valence electrons. The largest absolute Gasteiger partial charge is 0.389 e. The molecule has 6 N–H and O–H groups in total.